The van der Waals surface area contributed by atoms with Gasteiger partial charge in [0, 0.05) is 18.3 Å². The summed E-state index contributed by atoms with van der Waals surface area (Å²) in [7, 11) is 0. The number of fused-ring (bicyclic) bond motifs is 5. The molecule has 0 spiro atoms. The molecule has 4 aliphatic rings. The summed E-state index contributed by atoms with van der Waals surface area (Å²) in [4.78, 5) is 0. The van der Waals surface area contributed by atoms with Crippen molar-refractivity contribution in [3.63, 3.8) is 0 Å². The second kappa shape index (κ2) is 7.12. The predicted molar refractivity (Wildman–Crippen MR) is 124 cm³/mol. The van der Waals surface area contributed by atoms with Gasteiger partial charge in [0.25, 0.3) is 0 Å². The Labute approximate surface area is 191 Å². The highest BCUT2D eigenvalue weighted by Gasteiger charge is 2.66. The molecule has 172 valence electrons. The van der Waals surface area contributed by atoms with Crippen LogP contribution in [-0.4, -0.2) is 31.8 Å². The highest BCUT2D eigenvalue weighted by atomic mass is 32.1. The van der Waals surface area contributed by atoms with Crippen LogP contribution in [0.5, 0.6) is 5.75 Å². The molecule has 0 bridgehead atoms. The number of thiol groups is 1. The third-order valence-corrected chi connectivity index (χ3v) is 11.3. The number of phenols is 1. The lowest BCUT2D eigenvalue weighted by molar-refractivity contribution is -0.235. The van der Waals surface area contributed by atoms with E-state index in [9.17, 15) is 20.4 Å². The minimum atomic E-state index is -1.49. The predicted octanol–water partition coefficient (Wildman–Crippen LogP) is 4.82. The number of phenolic OH excluding ortho intramolecular Hbond substituents is 1. The van der Waals surface area contributed by atoms with Gasteiger partial charge in [-0.2, -0.15) is 12.6 Å². The standard InChI is InChI=1S/C26H38O4S/c1-23-13-14-25(28,29)15-17(23)5-8-19-20(23)9-11-24(2)21(19)10-12-26(24,30)22(31)16-3-6-18(27)7-4-16/h3-4,6-7,17,19-22,27-31H,5,8-15H2,1-2H3/t17?,19-,20-,21+,22?,23+,24+,26?/m1/s1. The second-order valence-electron chi connectivity index (χ2n) is 11.8. The zero-order valence-electron chi connectivity index (χ0n) is 18.8. The summed E-state index contributed by atoms with van der Waals surface area (Å²) in [5, 5.41) is 42.0. The molecule has 4 N–H and O–H groups in total. The molecule has 8 atom stereocenters. The van der Waals surface area contributed by atoms with E-state index in [0.717, 1.165) is 50.5 Å². The smallest absolute Gasteiger partial charge is 0.162 e. The molecule has 0 heterocycles. The molecule has 0 saturated heterocycles. The van der Waals surface area contributed by atoms with Gasteiger partial charge in [0.05, 0.1) is 10.9 Å². The van der Waals surface area contributed by atoms with Crippen molar-refractivity contribution in [1.82, 2.24) is 0 Å². The highest BCUT2D eigenvalue weighted by molar-refractivity contribution is 7.80. The quantitative estimate of drug-likeness (QED) is 0.333. The van der Waals surface area contributed by atoms with Crippen LogP contribution in [0.1, 0.15) is 82.4 Å². The topological polar surface area (TPSA) is 80.9 Å². The van der Waals surface area contributed by atoms with Crippen LogP contribution in [0.15, 0.2) is 24.3 Å². The van der Waals surface area contributed by atoms with Gasteiger partial charge in [0.15, 0.2) is 5.79 Å². The SMILES string of the molecule is C[C@]12CCC(O)(O)CC1CC[C@@H]1[C@H]2CC[C@@]2(C)[C@H]1CCC2(O)C(S)c1ccc(O)cc1. The minimum Gasteiger partial charge on any atom is -0.508 e. The number of rotatable bonds is 2. The van der Waals surface area contributed by atoms with Crippen LogP contribution in [0, 0.1) is 34.5 Å². The van der Waals surface area contributed by atoms with Gasteiger partial charge in [-0.05, 0) is 91.7 Å². The molecule has 31 heavy (non-hydrogen) atoms. The van der Waals surface area contributed by atoms with Crippen molar-refractivity contribution in [2.24, 2.45) is 34.5 Å². The first-order valence-corrected chi connectivity index (χ1v) is 12.7. The third-order valence-electron chi connectivity index (χ3n) is 10.6. The summed E-state index contributed by atoms with van der Waals surface area (Å²) < 4.78 is 0. The second-order valence-corrected chi connectivity index (χ2v) is 12.3. The van der Waals surface area contributed by atoms with E-state index in [1.54, 1.807) is 12.1 Å². The van der Waals surface area contributed by atoms with E-state index in [-0.39, 0.29) is 21.8 Å². The average molecular weight is 447 g/mol. The van der Waals surface area contributed by atoms with Gasteiger partial charge < -0.3 is 20.4 Å². The molecular weight excluding hydrogens is 408 g/mol. The third kappa shape index (κ3) is 3.13. The first kappa shape index (κ1) is 22.1. The van der Waals surface area contributed by atoms with Gasteiger partial charge in [0.1, 0.15) is 5.75 Å². The molecule has 0 amide bonds. The molecule has 5 rings (SSSR count). The molecule has 3 unspecified atom stereocenters. The van der Waals surface area contributed by atoms with Crippen LogP contribution < -0.4 is 0 Å². The van der Waals surface area contributed by atoms with Crippen molar-refractivity contribution in [3.05, 3.63) is 29.8 Å². The number of aliphatic hydroxyl groups is 3. The maximum absolute atomic E-state index is 12.1. The molecule has 5 heteroatoms. The van der Waals surface area contributed by atoms with E-state index in [1.807, 2.05) is 12.1 Å². The fraction of sp³-hybridized carbons (Fsp3) is 0.769. The Morgan fingerprint density at radius 1 is 0.871 bits per heavy atom. The number of hydrogen-bond donors (Lipinski definition) is 5. The van der Waals surface area contributed by atoms with Gasteiger partial charge >= 0.3 is 0 Å². The van der Waals surface area contributed by atoms with Crippen LogP contribution in [0.4, 0.5) is 0 Å². The minimum absolute atomic E-state index is 0.173. The van der Waals surface area contributed by atoms with Crippen LogP contribution in [0.3, 0.4) is 0 Å². The number of hydrogen-bond acceptors (Lipinski definition) is 5. The van der Waals surface area contributed by atoms with Crippen molar-refractivity contribution in [2.75, 3.05) is 0 Å². The number of benzene rings is 1. The lowest BCUT2D eigenvalue weighted by atomic mass is 9.44. The molecule has 4 nitrogen and oxygen atoms in total. The van der Waals surface area contributed by atoms with Gasteiger partial charge in [0.2, 0.25) is 0 Å². The van der Waals surface area contributed by atoms with Crippen LogP contribution >= 0.6 is 12.6 Å². The molecule has 0 aliphatic heterocycles. The molecular formula is C26H38O4S. The maximum atomic E-state index is 12.1. The summed E-state index contributed by atoms with van der Waals surface area (Å²) in [6.07, 6.45) is 7.98. The maximum Gasteiger partial charge on any atom is 0.162 e. The van der Waals surface area contributed by atoms with Gasteiger partial charge in [-0.15, -0.1) is 0 Å². The largest absolute Gasteiger partial charge is 0.508 e. The lowest BCUT2D eigenvalue weighted by Crippen LogP contribution is -2.58. The van der Waals surface area contributed by atoms with Crippen molar-refractivity contribution < 1.29 is 20.4 Å². The molecule has 1 aromatic carbocycles. The van der Waals surface area contributed by atoms with Crippen LogP contribution in [-0.2, 0) is 0 Å². The molecule has 0 aromatic heterocycles. The highest BCUT2D eigenvalue weighted by Crippen LogP contribution is 2.70. The Bertz CT molecular complexity index is 840. The fourth-order valence-corrected chi connectivity index (χ4v) is 9.25. The first-order chi connectivity index (χ1) is 14.5. The fourth-order valence-electron chi connectivity index (χ4n) is 8.66. The van der Waals surface area contributed by atoms with E-state index in [4.69, 9.17) is 12.6 Å². The molecule has 1 aromatic rings. The number of aromatic hydroxyl groups is 1. The van der Waals surface area contributed by atoms with Gasteiger partial charge in [-0.25, -0.2) is 0 Å². The Hall–Kier alpha value is -0.750. The monoisotopic (exact) mass is 446 g/mol. The Balaban J connectivity index is 1.42. The van der Waals surface area contributed by atoms with Crippen LogP contribution in [0.25, 0.3) is 0 Å². The van der Waals surface area contributed by atoms with Crippen molar-refractivity contribution in [1.29, 1.82) is 0 Å². The Morgan fingerprint density at radius 3 is 2.26 bits per heavy atom. The van der Waals surface area contributed by atoms with Crippen molar-refractivity contribution >= 4 is 12.6 Å². The zero-order chi connectivity index (χ0) is 22.2. The van der Waals surface area contributed by atoms with E-state index in [2.05, 4.69) is 13.8 Å². The van der Waals surface area contributed by atoms with Gasteiger partial charge in [-0.3, -0.25) is 0 Å². The summed E-state index contributed by atoms with van der Waals surface area (Å²) >= 11 is 4.95. The van der Waals surface area contributed by atoms with E-state index >= 15 is 0 Å². The molecule has 4 aliphatic carbocycles. The Kier molecular flexibility index (Phi) is 5.07. The zero-order valence-corrected chi connectivity index (χ0v) is 19.7. The summed E-state index contributed by atoms with van der Waals surface area (Å²) in [5.74, 6) is 0.818. The van der Waals surface area contributed by atoms with Gasteiger partial charge in [-0.1, -0.05) is 26.0 Å². The summed E-state index contributed by atoms with van der Waals surface area (Å²) in [6.45, 7) is 4.71. The summed E-state index contributed by atoms with van der Waals surface area (Å²) in [5.41, 5.74) is 0.113. The lowest BCUT2D eigenvalue weighted by Gasteiger charge is -2.62. The molecule has 4 fully saturated rings. The first-order valence-electron chi connectivity index (χ1n) is 12.1. The van der Waals surface area contributed by atoms with E-state index in [1.165, 1.54) is 0 Å². The van der Waals surface area contributed by atoms with Crippen LogP contribution in [0.2, 0.25) is 0 Å². The van der Waals surface area contributed by atoms with E-state index < -0.39 is 11.4 Å². The molecule has 0 radical (unpaired) electrons. The molecule has 4 saturated carbocycles. The van der Waals surface area contributed by atoms with E-state index in [0.29, 0.717) is 36.5 Å². The van der Waals surface area contributed by atoms with Crippen molar-refractivity contribution in [3.8, 4) is 5.75 Å². The summed E-state index contributed by atoms with van der Waals surface area (Å²) in [6, 6.07) is 7.14. The Morgan fingerprint density at radius 2 is 1.55 bits per heavy atom. The average Bonchev–Trinajstić information content (AvgIpc) is 3.00. The normalized spacial score (nSPS) is 47.2. The van der Waals surface area contributed by atoms with Crippen molar-refractivity contribution in [2.45, 2.75) is 88.3 Å².